The van der Waals surface area contributed by atoms with Crippen molar-refractivity contribution in [2.24, 2.45) is 0 Å². The summed E-state index contributed by atoms with van der Waals surface area (Å²) in [5, 5.41) is 2.75. The maximum Gasteiger partial charge on any atom is 0.338 e. The molecule has 0 saturated heterocycles. The van der Waals surface area contributed by atoms with E-state index in [1.807, 2.05) is 6.07 Å². The largest absolute Gasteiger partial charge is 0.488 e. The van der Waals surface area contributed by atoms with E-state index in [0.717, 1.165) is 11.1 Å². The molecule has 0 bridgehead atoms. The van der Waals surface area contributed by atoms with Gasteiger partial charge in [0.15, 0.2) is 0 Å². The molecule has 172 valence electrons. The van der Waals surface area contributed by atoms with Gasteiger partial charge in [0.2, 0.25) is 0 Å². The summed E-state index contributed by atoms with van der Waals surface area (Å²) in [4.78, 5) is 35.3. The van der Waals surface area contributed by atoms with Gasteiger partial charge in [-0.25, -0.2) is 9.59 Å². The first-order valence-electron chi connectivity index (χ1n) is 10.1. The number of carbonyl (C=O) groups excluding carboxylic acids is 3. The molecule has 7 heteroatoms. The van der Waals surface area contributed by atoms with Crippen molar-refractivity contribution in [1.29, 1.82) is 0 Å². The van der Waals surface area contributed by atoms with Crippen LogP contribution in [0.25, 0.3) is 11.1 Å². The highest BCUT2D eigenvalue weighted by Gasteiger charge is 2.12. The zero-order chi connectivity index (χ0) is 24.5. The quantitative estimate of drug-likeness (QED) is 0.241. The monoisotopic (exact) mass is 449 g/mol. The van der Waals surface area contributed by atoms with E-state index >= 15 is 0 Å². The van der Waals surface area contributed by atoms with Crippen LogP contribution in [0.4, 0.5) is 5.69 Å². The van der Waals surface area contributed by atoms with Gasteiger partial charge < -0.3 is 19.5 Å². The van der Waals surface area contributed by atoms with E-state index in [-0.39, 0.29) is 19.1 Å². The maximum atomic E-state index is 12.1. The van der Waals surface area contributed by atoms with Crippen LogP contribution in [0, 0.1) is 0 Å². The molecule has 0 saturated carbocycles. The third-order valence-electron chi connectivity index (χ3n) is 4.29. The highest BCUT2D eigenvalue weighted by atomic mass is 16.6. The summed E-state index contributed by atoms with van der Waals surface area (Å²) in [6.45, 7) is 15.6. The molecule has 7 nitrogen and oxygen atoms in total. The van der Waals surface area contributed by atoms with Crippen molar-refractivity contribution >= 4 is 23.5 Å². The Kier molecular flexibility index (Phi) is 8.74. The van der Waals surface area contributed by atoms with Gasteiger partial charge >= 0.3 is 11.9 Å². The van der Waals surface area contributed by atoms with Gasteiger partial charge in [-0.3, -0.25) is 4.79 Å². The average molecular weight is 450 g/mol. The third kappa shape index (κ3) is 7.50. The summed E-state index contributed by atoms with van der Waals surface area (Å²) < 4.78 is 16.0. The normalized spacial score (nSPS) is 10.0. The minimum absolute atomic E-state index is 0.0204. The zero-order valence-electron chi connectivity index (χ0n) is 19.0. The molecule has 0 aliphatic heterocycles. The molecule has 0 aliphatic rings. The Morgan fingerprint density at radius 3 is 1.97 bits per heavy atom. The first kappa shape index (κ1) is 25.1. The lowest BCUT2D eigenvalue weighted by Crippen LogP contribution is -2.15. The molecule has 2 rings (SSSR count). The van der Waals surface area contributed by atoms with Crippen LogP contribution < -0.4 is 14.8 Å². The lowest BCUT2D eigenvalue weighted by molar-refractivity contribution is -0.139. The van der Waals surface area contributed by atoms with Crippen molar-refractivity contribution < 1.29 is 28.6 Å². The molecule has 2 aromatic carbocycles. The Labute approximate surface area is 193 Å². The van der Waals surface area contributed by atoms with Gasteiger partial charge in [-0.2, -0.15) is 0 Å². The SMILES string of the molecule is C=C(C)C(=O)Nc1ccc(-c2ccc(OC(=O)C(=C)C)cc2)cc1OCCOC(=O)C(=C)C. The molecule has 0 fully saturated rings. The van der Waals surface area contributed by atoms with Gasteiger partial charge in [-0.15, -0.1) is 0 Å². The molecule has 0 unspecified atom stereocenters. The van der Waals surface area contributed by atoms with Crippen molar-refractivity contribution in [3.05, 3.63) is 78.9 Å². The molecular weight excluding hydrogens is 422 g/mol. The number of ether oxygens (including phenoxy) is 3. The number of carbonyl (C=O) groups is 3. The Bertz CT molecular complexity index is 1100. The van der Waals surface area contributed by atoms with Crippen LogP contribution >= 0.6 is 0 Å². The molecule has 0 spiro atoms. The third-order valence-corrected chi connectivity index (χ3v) is 4.29. The van der Waals surface area contributed by atoms with Gasteiger partial charge in [0.05, 0.1) is 5.69 Å². The van der Waals surface area contributed by atoms with Gasteiger partial charge in [-0.1, -0.05) is 37.9 Å². The van der Waals surface area contributed by atoms with E-state index in [2.05, 4.69) is 25.1 Å². The lowest BCUT2D eigenvalue weighted by atomic mass is 10.0. The maximum absolute atomic E-state index is 12.1. The Morgan fingerprint density at radius 2 is 1.39 bits per heavy atom. The smallest absolute Gasteiger partial charge is 0.338 e. The predicted octanol–water partition coefficient (Wildman–Crippen LogP) is 4.85. The summed E-state index contributed by atoms with van der Waals surface area (Å²) in [5.41, 5.74) is 3.03. The number of esters is 2. The fourth-order valence-corrected chi connectivity index (χ4v) is 2.47. The molecule has 0 heterocycles. The van der Waals surface area contributed by atoms with Gasteiger partial charge in [-0.05, 0) is 56.2 Å². The van der Waals surface area contributed by atoms with E-state index in [4.69, 9.17) is 14.2 Å². The molecule has 0 atom stereocenters. The van der Waals surface area contributed by atoms with E-state index in [9.17, 15) is 14.4 Å². The first-order valence-corrected chi connectivity index (χ1v) is 10.1. The van der Waals surface area contributed by atoms with Crippen molar-refractivity contribution in [2.45, 2.75) is 20.8 Å². The highest BCUT2D eigenvalue weighted by Crippen LogP contribution is 2.32. The van der Waals surface area contributed by atoms with E-state index < -0.39 is 11.9 Å². The second-order valence-corrected chi connectivity index (χ2v) is 7.40. The van der Waals surface area contributed by atoms with Crippen molar-refractivity contribution in [1.82, 2.24) is 0 Å². The highest BCUT2D eigenvalue weighted by molar-refractivity contribution is 6.03. The van der Waals surface area contributed by atoms with Crippen molar-refractivity contribution in [3.63, 3.8) is 0 Å². The number of hydrogen-bond donors (Lipinski definition) is 1. The lowest BCUT2D eigenvalue weighted by Gasteiger charge is -2.15. The number of anilines is 1. The average Bonchev–Trinajstić information content (AvgIpc) is 2.77. The first-order chi connectivity index (χ1) is 15.6. The molecule has 1 N–H and O–H groups in total. The molecular formula is C26H27NO6. The molecule has 1 amide bonds. The summed E-state index contributed by atoms with van der Waals surface area (Å²) in [7, 11) is 0. The van der Waals surface area contributed by atoms with Crippen LogP contribution in [0.1, 0.15) is 20.8 Å². The van der Waals surface area contributed by atoms with Crippen LogP contribution in [0.15, 0.2) is 78.9 Å². The van der Waals surface area contributed by atoms with Crippen LogP contribution in [-0.2, 0) is 19.1 Å². The van der Waals surface area contributed by atoms with Crippen LogP contribution in [-0.4, -0.2) is 31.1 Å². The van der Waals surface area contributed by atoms with Crippen molar-refractivity contribution in [2.75, 3.05) is 18.5 Å². The summed E-state index contributed by atoms with van der Waals surface area (Å²) >= 11 is 0. The minimum atomic E-state index is -0.504. The number of hydrogen-bond acceptors (Lipinski definition) is 6. The molecule has 33 heavy (non-hydrogen) atoms. The van der Waals surface area contributed by atoms with Gasteiger partial charge in [0, 0.05) is 16.7 Å². The van der Waals surface area contributed by atoms with Crippen LogP contribution in [0.2, 0.25) is 0 Å². The molecule has 2 aromatic rings. The van der Waals surface area contributed by atoms with E-state index in [0.29, 0.717) is 33.9 Å². The fourth-order valence-electron chi connectivity index (χ4n) is 2.47. The molecule has 0 aromatic heterocycles. The van der Waals surface area contributed by atoms with E-state index in [1.165, 1.54) is 0 Å². The van der Waals surface area contributed by atoms with Gasteiger partial charge in [0.1, 0.15) is 24.7 Å². The topological polar surface area (TPSA) is 90.9 Å². The predicted molar refractivity (Wildman–Crippen MR) is 127 cm³/mol. The number of amides is 1. The number of benzene rings is 2. The molecule has 0 radical (unpaired) electrons. The van der Waals surface area contributed by atoms with Crippen LogP contribution in [0.5, 0.6) is 11.5 Å². The summed E-state index contributed by atoms with van der Waals surface area (Å²) in [5.74, 6) is -0.553. The zero-order valence-corrected chi connectivity index (χ0v) is 19.0. The second-order valence-electron chi connectivity index (χ2n) is 7.40. The van der Waals surface area contributed by atoms with Crippen molar-refractivity contribution in [3.8, 4) is 22.6 Å². The number of nitrogens with one attached hydrogen (secondary N) is 1. The van der Waals surface area contributed by atoms with E-state index in [1.54, 1.807) is 57.2 Å². The Morgan fingerprint density at radius 1 is 0.788 bits per heavy atom. The fraction of sp³-hybridized carbons (Fsp3) is 0.192. The minimum Gasteiger partial charge on any atom is -0.488 e. The van der Waals surface area contributed by atoms with Gasteiger partial charge in [0.25, 0.3) is 5.91 Å². The summed E-state index contributed by atoms with van der Waals surface area (Å²) in [6, 6.07) is 12.2. The standard InChI is InChI=1S/C26H27NO6/c1-16(2)24(28)27-22-12-9-20(15-23(22)31-13-14-32-25(29)17(3)4)19-7-10-21(11-8-19)33-26(30)18(5)6/h7-12,15H,1,3,5,13-14H2,2,4,6H3,(H,27,28). The molecule has 0 aliphatic carbocycles. The Balaban J connectivity index is 2.22. The summed E-state index contributed by atoms with van der Waals surface area (Å²) in [6.07, 6.45) is 0. The Hall–Kier alpha value is -4.13. The second kappa shape index (κ2) is 11.5. The van der Waals surface area contributed by atoms with Crippen LogP contribution in [0.3, 0.4) is 0 Å². The number of rotatable bonds is 10.